The summed E-state index contributed by atoms with van der Waals surface area (Å²) in [4.78, 5) is 26.9. The quantitative estimate of drug-likeness (QED) is 0.769. The van der Waals surface area contributed by atoms with Crippen LogP contribution in [0.4, 0.5) is 0 Å². The van der Waals surface area contributed by atoms with Crippen molar-refractivity contribution in [1.29, 1.82) is 0 Å². The van der Waals surface area contributed by atoms with Crippen LogP contribution in [0.25, 0.3) is 5.57 Å². The molecule has 0 fully saturated rings. The number of quaternary nitrogens is 1. The summed E-state index contributed by atoms with van der Waals surface area (Å²) in [6.07, 6.45) is 9.56. The molecule has 2 rings (SSSR count). The maximum absolute atomic E-state index is 11.5. The third-order valence-corrected chi connectivity index (χ3v) is 3.33. The van der Waals surface area contributed by atoms with Gasteiger partial charge in [-0.2, -0.15) is 0 Å². The zero-order valence-electron chi connectivity index (χ0n) is 11.9. The molecule has 0 aliphatic carbocycles. The minimum atomic E-state index is 0.0941. The smallest absolute Gasteiger partial charge is 0.184 e. The van der Waals surface area contributed by atoms with E-state index in [4.69, 9.17) is 0 Å². The lowest BCUT2D eigenvalue weighted by molar-refractivity contribution is -0.857. The second-order valence-corrected chi connectivity index (χ2v) is 5.33. The minimum Gasteiger partial charge on any atom is -0.294 e. The molecule has 0 unspecified atom stereocenters. The third kappa shape index (κ3) is 3.48. The minimum absolute atomic E-state index is 0.0941. The Bertz CT molecular complexity index is 557. The van der Waals surface area contributed by atoms with Crippen molar-refractivity contribution in [3.05, 3.63) is 48.4 Å². The molecular formula is C16H19N2O2+. The molecule has 1 aromatic heterocycles. The molecule has 20 heavy (non-hydrogen) atoms. The fourth-order valence-corrected chi connectivity index (χ4v) is 2.58. The predicted molar refractivity (Wildman–Crippen MR) is 77.6 cm³/mol. The molecule has 2 heterocycles. The molecule has 0 radical (unpaired) electrons. The summed E-state index contributed by atoms with van der Waals surface area (Å²) in [5.41, 5.74) is 2.20. The van der Waals surface area contributed by atoms with E-state index >= 15 is 0 Å². The van der Waals surface area contributed by atoms with Crippen LogP contribution < -0.4 is 0 Å². The van der Waals surface area contributed by atoms with E-state index < -0.39 is 0 Å². The maximum Gasteiger partial charge on any atom is 0.184 e. The van der Waals surface area contributed by atoms with Crippen molar-refractivity contribution in [2.45, 2.75) is 13.8 Å². The van der Waals surface area contributed by atoms with Gasteiger partial charge in [0.2, 0.25) is 0 Å². The van der Waals surface area contributed by atoms with Crippen LogP contribution in [0.5, 0.6) is 0 Å². The first-order valence-corrected chi connectivity index (χ1v) is 6.65. The Morgan fingerprint density at radius 1 is 1.15 bits per heavy atom. The lowest BCUT2D eigenvalue weighted by Crippen LogP contribution is -2.50. The Labute approximate surface area is 119 Å². The van der Waals surface area contributed by atoms with Gasteiger partial charge in [-0.05, 0) is 35.4 Å². The molecule has 0 aromatic carbocycles. The molecule has 1 aliphatic rings. The van der Waals surface area contributed by atoms with Gasteiger partial charge in [0.15, 0.2) is 11.6 Å². The largest absolute Gasteiger partial charge is 0.294 e. The number of pyridine rings is 1. The van der Waals surface area contributed by atoms with E-state index in [0.717, 1.165) is 11.1 Å². The number of rotatable bonds is 5. The van der Waals surface area contributed by atoms with E-state index in [-0.39, 0.29) is 11.6 Å². The second-order valence-electron chi connectivity index (χ2n) is 5.33. The normalized spacial score (nSPS) is 16.6. The van der Waals surface area contributed by atoms with E-state index in [9.17, 15) is 9.59 Å². The summed E-state index contributed by atoms with van der Waals surface area (Å²) in [5.74, 6) is 0.188. The van der Waals surface area contributed by atoms with Gasteiger partial charge in [0.1, 0.15) is 19.6 Å². The average Bonchev–Trinajstić information content (AvgIpc) is 2.39. The van der Waals surface area contributed by atoms with Crippen molar-refractivity contribution >= 4 is 17.1 Å². The number of carbonyl (C=O) groups is 2. The zero-order valence-corrected chi connectivity index (χ0v) is 11.9. The number of hydrogen-bond donors (Lipinski definition) is 0. The van der Waals surface area contributed by atoms with Crippen LogP contribution in [0.15, 0.2) is 42.9 Å². The van der Waals surface area contributed by atoms with Crippen molar-refractivity contribution in [1.82, 2.24) is 4.98 Å². The summed E-state index contributed by atoms with van der Waals surface area (Å²) >= 11 is 0. The number of allylic oxidation sites excluding steroid dienone is 2. The van der Waals surface area contributed by atoms with Gasteiger partial charge in [0, 0.05) is 26.2 Å². The molecule has 0 saturated heterocycles. The zero-order chi connectivity index (χ0) is 14.6. The highest BCUT2D eigenvalue weighted by Crippen LogP contribution is 2.23. The van der Waals surface area contributed by atoms with Crippen molar-refractivity contribution in [3.63, 3.8) is 0 Å². The molecule has 1 aromatic rings. The van der Waals surface area contributed by atoms with Crippen LogP contribution in [0.1, 0.15) is 19.4 Å². The molecule has 0 atom stereocenters. The van der Waals surface area contributed by atoms with Gasteiger partial charge in [-0.3, -0.25) is 19.1 Å². The fourth-order valence-electron chi connectivity index (χ4n) is 2.58. The Morgan fingerprint density at radius 2 is 1.75 bits per heavy atom. The third-order valence-electron chi connectivity index (χ3n) is 3.33. The lowest BCUT2D eigenvalue weighted by atomic mass is 10.0. The van der Waals surface area contributed by atoms with Gasteiger partial charge in [0.25, 0.3) is 0 Å². The number of ketones is 2. The topological polar surface area (TPSA) is 47.0 Å². The van der Waals surface area contributed by atoms with Crippen LogP contribution in [0.3, 0.4) is 0 Å². The van der Waals surface area contributed by atoms with Crippen LogP contribution in [0, 0.1) is 0 Å². The summed E-state index contributed by atoms with van der Waals surface area (Å²) < 4.78 is 0.388. The molecule has 0 bridgehead atoms. The van der Waals surface area contributed by atoms with E-state index in [1.807, 2.05) is 24.4 Å². The molecule has 0 amide bonds. The first kappa shape index (κ1) is 14.3. The molecule has 4 heteroatoms. The average molecular weight is 271 g/mol. The number of carbonyl (C=O) groups excluding carboxylic acids is 2. The first-order chi connectivity index (χ1) is 9.51. The molecule has 0 saturated carbocycles. The van der Waals surface area contributed by atoms with Gasteiger partial charge in [-0.25, -0.2) is 0 Å². The van der Waals surface area contributed by atoms with Gasteiger partial charge >= 0.3 is 0 Å². The standard InChI is InChI=1S/C16H19N2O2/c1-13(19)11-18(12-14(2)20)9-5-16(6-10-18)15-3-7-17-8-4-15/h3-9H,10-12H2,1-2H3/q+1. The van der Waals surface area contributed by atoms with Crippen molar-refractivity contribution in [2.24, 2.45) is 0 Å². The van der Waals surface area contributed by atoms with Crippen molar-refractivity contribution < 1.29 is 14.1 Å². The van der Waals surface area contributed by atoms with Gasteiger partial charge in [-0.15, -0.1) is 0 Å². The van der Waals surface area contributed by atoms with E-state index in [1.165, 1.54) is 0 Å². The monoisotopic (exact) mass is 271 g/mol. The SMILES string of the molecule is CC(=O)C[N+]1(CC(C)=O)C=CC(c2ccncc2)=CC1. The van der Waals surface area contributed by atoms with Crippen LogP contribution in [-0.2, 0) is 9.59 Å². The molecule has 0 spiro atoms. The van der Waals surface area contributed by atoms with Crippen LogP contribution in [-0.4, -0.2) is 40.7 Å². The number of aromatic nitrogens is 1. The van der Waals surface area contributed by atoms with Crippen LogP contribution >= 0.6 is 0 Å². The molecule has 104 valence electrons. The summed E-state index contributed by atoms with van der Waals surface area (Å²) in [5, 5.41) is 0. The Morgan fingerprint density at radius 3 is 2.20 bits per heavy atom. The predicted octanol–water partition coefficient (Wildman–Crippen LogP) is 1.99. The molecule has 4 nitrogen and oxygen atoms in total. The Balaban J connectivity index is 2.21. The Kier molecular flexibility index (Phi) is 4.25. The Hall–Kier alpha value is -2.07. The van der Waals surface area contributed by atoms with Crippen LogP contribution in [0.2, 0.25) is 0 Å². The van der Waals surface area contributed by atoms with Gasteiger partial charge < -0.3 is 0 Å². The first-order valence-electron chi connectivity index (χ1n) is 6.65. The molecule has 1 aliphatic heterocycles. The van der Waals surface area contributed by atoms with E-state index in [1.54, 1.807) is 26.2 Å². The van der Waals surface area contributed by atoms with E-state index in [0.29, 0.717) is 24.1 Å². The number of nitrogens with zero attached hydrogens (tertiary/aromatic N) is 2. The van der Waals surface area contributed by atoms with E-state index in [2.05, 4.69) is 11.1 Å². The van der Waals surface area contributed by atoms with Crippen molar-refractivity contribution in [2.75, 3.05) is 19.6 Å². The number of hydrogen-bond acceptors (Lipinski definition) is 3. The molecular weight excluding hydrogens is 252 g/mol. The van der Waals surface area contributed by atoms with Crippen molar-refractivity contribution in [3.8, 4) is 0 Å². The number of Topliss-reactive ketones (excluding diaryl/α,β-unsaturated/α-hetero) is 2. The summed E-state index contributed by atoms with van der Waals surface area (Å²) in [6, 6.07) is 3.90. The summed E-state index contributed by atoms with van der Waals surface area (Å²) in [6.45, 7) is 4.51. The fraction of sp³-hybridized carbons (Fsp3) is 0.312. The van der Waals surface area contributed by atoms with Gasteiger partial charge in [-0.1, -0.05) is 0 Å². The van der Waals surface area contributed by atoms with Gasteiger partial charge in [0.05, 0.1) is 6.20 Å². The lowest BCUT2D eigenvalue weighted by Gasteiger charge is -2.34. The summed E-state index contributed by atoms with van der Waals surface area (Å²) in [7, 11) is 0. The highest BCUT2D eigenvalue weighted by Gasteiger charge is 2.29. The highest BCUT2D eigenvalue weighted by molar-refractivity contribution is 5.80. The molecule has 0 N–H and O–H groups in total. The highest BCUT2D eigenvalue weighted by atomic mass is 16.1. The second kappa shape index (κ2) is 5.92. The maximum atomic E-state index is 11.5.